The number of rotatable bonds is 2. The molecule has 7 aromatic rings. The van der Waals surface area contributed by atoms with Gasteiger partial charge >= 0.3 is 0 Å². The Bertz CT molecular complexity index is 3110. The fraction of sp³-hybridized carbons (Fsp3) is 0.154. The maximum atomic E-state index is 2.77. The summed E-state index contributed by atoms with van der Waals surface area (Å²) in [6, 6.07) is 41.8. The van der Waals surface area contributed by atoms with E-state index in [1.807, 2.05) is 0 Å². The Kier molecular flexibility index (Phi) is 5.60. The topological polar surface area (TPSA) is 11.4 Å². The predicted octanol–water partition coefficient (Wildman–Crippen LogP) is 12.6. The minimum absolute atomic E-state index is 0.106. The Morgan fingerprint density at radius 2 is 1.45 bits per heavy atom. The van der Waals surface area contributed by atoms with Crippen LogP contribution in [0.15, 0.2) is 181 Å². The molecule has 0 saturated heterocycles. The fourth-order valence-corrected chi connectivity index (χ4v) is 11.7. The van der Waals surface area contributed by atoms with Crippen molar-refractivity contribution >= 4 is 60.4 Å². The first-order valence-electron chi connectivity index (χ1n) is 19.9. The molecule has 3 heteroatoms. The molecule has 3 aliphatic heterocycles. The number of allylic oxidation sites excluding steroid dienone is 7. The molecule has 0 saturated carbocycles. The van der Waals surface area contributed by atoms with Gasteiger partial charge in [-0.1, -0.05) is 140 Å². The summed E-state index contributed by atoms with van der Waals surface area (Å²) >= 11 is 0. The Morgan fingerprint density at radius 1 is 0.655 bits per heavy atom. The second kappa shape index (κ2) is 10.2. The zero-order chi connectivity index (χ0) is 36.2. The average Bonchev–Trinajstić information content (AvgIpc) is 3.92. The van der Waals surface area contributed by atoms with E-state index in [0.29, 0.717) is 0 Å². The Labute approximate surface area is 320 Å². The Morgan fingerprint density at radius 3 is 2.38 bits per heavy atom. The molecule has 0 bridgehead atoms. The third-order valence-corrected chi connectivity index (χ3v) is 14.0. The lowest BCUT2D eigenvalue weighted by molar-refractivity contribution is 0.539. The Balaban J connectivity index is 1.18. The minimum Gasteiger partial charge on any atom is -0.335 e. The van der Waals surface area contributed by atoms with Crippen LogP contribution in [0.5, 0.6) is 0 Å². The minimum atomic E-state index is -0.235. The van der Waals surface area contributed by atoms with Gasteiger partial charge in [0.2, 0.25) is 0 Å². The Hall–Kier alpha value is -6.32. The maximum absolute atomic E-state index is 2.77. The SMILES string of the molecule is CC12C=CC=C3C4=C(CCC=C4)N(c4c1c1c(c5ccccc45)c4ccc5ccccc5c4n1-c1cccc(N4c5ccccc5C5(C)C=CC=CC45)c1)C32. The van der Waals surface area contributed by atoms with Crippen LogP contribution in [0, 0.1) is 0 Å². The summed E-state index contributed by atoms with van der Waals surface area (Å²) in [4.78, 5) is 5.35. The van der Waals surface area contributed by atoms with Gasteiger partial charge < -0.3 is 14.4 Å². The van der Waals surface area contributed by atoms with Crippen LogP contribution in [-0.2, 0) is 10.8 Å². The van der Waals surface area contributed by atoms with Gasteiger partial charge in [0.1, 0.15) is 0 Å². The normalized spacial score (nSPS) is 25.3. The number of hydrogen-bond donors (Lipinski definition) is 0. The van der Waals surface area contributed by atoms with Gasteiger partial charge in [-0.2, -0.15) is 0 Å². The van der Waals surface area contributed by atoms with E-state index in [0.717, 1.165) is 12.8 Å². The van der Waals surface area contributed by atoms with Gasteiger partial charge in [-0.3, -0.25) is 0 Å². The van der Waals surface area contributed by atoms with E-state index in [2.05, 4.69) is 192 Å². The molecule has 4 heterocycles. The molecule has 0 fully saturated rings. The highest BCUT2D eigenvalue weighted by atomic mass is 15.2. The van der Waals surface area contributed by atoms with Gasteiger partial charge in [0.15, 0.2) is 0 Å². The molecule has 3 nitrogen and oxygen atoms in total. The van der Waals surface area contributed by atoms with Crippen molar-refractivity contribution in [1.82, 2.24) is 4.57 Å². The molecule has 0 spiro atoms. The highest BCUT2D eigenvalue weighted by molar-refractivity contribution is 6.30. The molecule has 1 aromatic heterocycles. The lowest BCUT2D eigenvalue weighted by Crippen LogP contribution is -2.40. The van der Waals surface area contributed by atoms with E-state index in [1.54, 1.807) is 0 Å². The van der Waals surface area contributed by atoms with Crippen LogP contribution < -0.4 is 9.80 Å². The van der Waals surface area contributed by atoms with E-state index < -0.39 is 0 Å². The lowest BCUT2D eigenvalue weighted by Gasteiger charge is -2.35. The molecule has 55 heavy (non-hydrogen) atoms. The third kappa shape index (κ3) is 3.54. The molecule has 3 aliphatic carbocycles. The predicted molar refractivity (Wildman–Crippen MR) is 230 cm³/mol. The first kappa shape index (κ1) is 30.1. The number of aromatic nitrogens is 1. The van der Waals surface area contributed by atoms with Crippen LogP contribution in [0.4, 0.5) is 17.1 Å². The van der Waals surface area contributed by atoms with Crippen LogP contribution >= 0.6 is 0 Å². The zero-order valence-corrected chi connectivity index (χ0v) is 31.0. The highest BCUT2D eigenvalue weighted by Crippen LogP contribution is 2.63. The summed E-state index contributed by atoms with van der Waals surface area (Å²) in [6.07, 6.45) is 23.4. The van der Waals surface area contributed by atoms with Gasteiger partial charge in [-0.05, 0) is 78.4 Å². The first-order chi connectivity index (χ1) is 27.1. The van der Waals surface area contributed by atoms with Gasteiger partial charge in [0, 0.05) is 60.7 Å². The average molecular weight is 706 g/mol. The molecule has 6 aliphatic rings. The lowest BCUT2D eigenvalue weighted by atomic mass is 9.71. The number of para-hydroxylation sites is 1. The van der Waals surface area contributed by atoms with Crippen LogP contribution in [0.2, 0.25) is 0 Å². The number of nitrogens with zero attached hydrogens (tertiary/aromatic N) is 3. The molecular formula is C52H39N3. The van der Waals surface area contributed by atoms with E-state index in [9.17, 15) is 0 Å². The smallest absolute Gasteiger partial charge is 0.0725 e. The first-order valence-corrected chi connectivity index (χ1v) is 19.9. The van der Waals surface area contributed by atoms with Crippen molar-refractivity contribution in [2.75, 3.05) is 9.80 Å². The van der Waals surface area contributed by atoms with E-state index in [-0.39, 0.29) is 22.9 Å². The van der Waals surface area contributed by atoms with Gasteiger partial charge in [-0.15, -0.1) is 0 Å². The zero-order valence-electron chi connectivity index (χ0n) is 31.0. The highest BCUT2D eigenvalue weighted by Gasteiger charge is 2.56. The molecule has 262 valence electrons. The molecule has 13 rings (SSSR count). The van der Waals surface area contributed by atoms with Crippen molar-refractivity contribution in [3.05, 3.63) is 192 Å². The summed E-state index contributed by atoms with van der Waals surface area (Å²) in [6.45, 7) is 4.90. The monoisotopic (exact) mass is 705 g/mol. The van der Waals surface area contributed by atoms with Crippen molar-refractivity contribution < 1.29 is 0 Å². The van der Waals surface area contributed by atoms with Crippen molar-refractivity contribution in [2.45, 2.75) is 49.6 Å². The van der Waals surface area contributed by atoms with Crippen molar-refractivity contribution in [2.24, 2.45) is 0 Å². The molecular weight excluding hydrogens is 667 g/mol. The second-order valence-corrected chi connectivity index (χ2v) is 16.7. The summed E-state index contributed by atoms with van der Waals surface area (Å²) in [7, 11) is 0. The molecule has 0 amide bonds. The van der Waals surface area contributed by atoms with Gasteiger partial charge in [0.25, 0.3) is 0 Å². The molecule has 0 radical (unpaired) electrons. The number of benzene rings is 6. The summed E-state index contributed by atoms with van der Waals surface area (Å²) in [5.41, 5.74) is 14.6. The number of anilines is 3. The van der Waals surface area contributed by atoms with Crippen LogP contribution in [0.25, 0.3) is 49.0 Å². The number of hydrogen-bond acceptors (Lipinski definition) is 2. The van der Waals surface area contributed by atoms with Gasteiger partial charge in [-0.25, -0.2) is 0 Å². The molecule has 4 atom stereocenters. The quantitative estimate of drug-likeness (QED) is 0.177. The molecule has 6 aromatic carbocycles. The summed E-state index contributed by atoms with van der Waals surface area (Å²) in [5.74, 6) is 0. The van der Waals surface area contributed by atoms with E-state index in [1.165, 1.54) is 94.1 Å². The number of fused-ring (bicyclic) bond motifs is 17. The second-order valence-electron chi connectivity index (χ2n) is 16.7. The van der Waals surface area contributed by atoms with Crippen LogP contribution in [-0.4, -0.2) is 16.7 Å². The standard InChI is InChI=1S/C52H39N3/c1-51-29-12-11-26-44(51)53(43-25-10-8-23-41(43)51)33-16-13-17-34(31-33)54-47-35-18-4-3-15-32(35)27-28-40(47)45-37-20-5-6-21-38(37)48-46(49(45)54)52(2)30-14-22-39-36-19-7-9-24-42(36)55(48)50(39)52/h3-8,10-23,25-31,44,50H,9,24H2,1-2H3. The van der Waals surface area contributed by atoms with Crippen molar-refractivity contribution in [1.29, 1.82) is 0 Å². The summed E-state index contributed by atoms with van der Waals surface area (Å²) in [5, 5.41) is 7.88. The van der Waals surface area contributed by atoms with Crippen molar-refractivity contribution in [3.63, 3.8) is 0 Å². The van der Waals surface area contributed by atoms with Crippen LogP contribution in [0.3, 0.4) is 0 Å². The van der Waals surface area contributed by atoms with Crippen molar-refractivity contribution in [3.8, 4) is 5.69 Å². The fourth-order valence-electron chi connectivity index (χ4n) is 11.7. The van der Waals surface area contributed by atoms with E-state index in [4.69, 9.17) is 0 Å². The largest absolute Gasteiger partial charge is 0.335 e. The molecule has 4 unspecified atom stereocenters. The van der Waals surface area contributed by atoms with Gasteiger partial charge in [0.05, 0.1) is 28.8 Å². The maximum Gasteiger partial charge on any atom is 0.0725 e. The molecule has 0 N–H and O–H groups in total. The van der Waals surface area contributed by atoms with Crippen LogP contribution in [0.1, 0.15) is 37.8 Å². The summed E-state index contributed by atoms with van der Waals surface area (Å²) < 4.78 is 2.66. The van der Waals surface area contributed by atoms with E-state index >= 15 is 0 Å². The third-order valence-electron chi connectivity index (χ3n) is 14.0.